The molecular formula is C13H17NO2. The van der Waals surface area contributed by atoms with E-state index >= 15 is 0 Å². The van der Waals surface area contributed by atoms with E-state index in [1.165, 1.54) is 11.1 Å². The van der Waals surface area contributed by atoms with Crippen molar-refractivity contribution >= 4 is 5.97 Å². The van der Waals surface area contributed by atoms with Gasteiger partial charge in [-0.05, 0) is 24.0 Å². The molecule has 1 heterocycles. The molecule has 16 heavy (non-hydrogen) atoms. The molecule has 1 aromatic carbocycles. The van der Waals surface area contributed by atoms with E-state index in [2.05, 4.69) is 29.2 Å². The second-order valence-corrected chi connectivity index (χ2v) is 4.25. The highest BCUT2D eigenvalue weighted by Gasteiger charge is 2.13. The van der Waals surface area contributed by atoms with Crippen molar-refractivity contribution in [3.8, 4) is 0 Å². The van der Waals surface area contributed by atoms with Crippen LogP contribution in [-0.2, 0) is 17.6 Å². The SMILES string of the molecule is O=C(O)CCN1CCc2ccccc2CC1. The summed E-state index contributed by atoms with van der Waals surface area (Å²) in [5, 5.41) is 8.66. The third-order valence-electron chi connectivity index (χ3n) is 3.16. The zero-order valence-electron chi connectivity index (χ0n) is 9.35. The first-order chi connectivity index (χ1) is 7.75. The van der Waals surface area contributed by atoms with E-state index < -0.39 is 5.97 Å². The molecule has 0 spiro atoms. The van der Waals surface area contributed by atoms with Gasteiger partial charge in [0.05, 0.1) is 6.42 Å². The topological polar surface area (TPSA) is 40.5 Å². The monoisotopic (exact) mass is 219 g/mol. The number of fused-ring (bicyclic) bond motifs is 1. The molecule has 0 amide bonds. The number of carbonyl (C=O) groups is 1. The first-order valence-electron chi connectivity index (χ1n) is 5.76. The zero-order chi connectivity index (χ0) is 11.4. The smallest absolute Gasteiger partial charge is 0.304 e. The quantitative estimate of drug-likeness (QED) is 0.838. The summed E-state index contributed by atoms with van der Waals surface area (Å²) in [6.45, 7) is 2.62. The minimum Gasteiger partial charge on any atom is -0.481 e. The lowest BCUT2D eigenvalue weighted by molar-refractivity contribution is -0.137. The summed E-state index contributed by atoms with van der Waals surface area (Å²) in [6, 6.07) is 8.50. The number of hydrogen-bond acceptors (Lipinski definition) is 2. The van der Waals surface area contributed by atoms with Crippen molar-refractivity contribution in [3.05, 3.63) is 35.4 Å². The predicted molar refractivity (Wildman–Crippen MR) is 62.5 cm³/mol. The van der Waals surface area contributed by atoms with Crippen LogP contribution in [0.4, 0.5) is 0 Å². The number of carboxylic acid groups (broad SMARTS) is 1. The fourth-order valence-corrected chi connectivity index (χ4v) is 2.19. The highest BCUT2D eigenvalue weighted by molar-refractivity contribution is 5.66. The number of nitrogens with zero attached hydrogens (tertiary/aromatic N) is 1. The predicted octanol–water partition coefficient (Wildman–Crippen LogP) is 1.56. The van der Waals surface area contributed by atoms with Crippen LogP contribution in [0.2, 0.25) is 0 Å². The fourth-order valence-electron chi connectivity index (χ4n) is 2.19. The highest BCUT2D eigenvalue weighted by Crippen LogP contribution is 2.15. The Bertz CT molecular complexity index is 349. The van der Waals surface area contributed by atoms with Gasteiger partial charge >= 0.3 is 5.97 Å². The third-order valence-corrected chi connectivity index (χ3v) is 3.16. The first-order valence-corrected chi connectivity index (χ1v) is 5.76. The summed E-state index contributed by atoms with van der Waals surface area (Å²) in [4.78, 5) is 12.8. The summed E-state index contributed by atoms with van der Waals surface area (Å²) in [6.07, 6.45) is 2.32. The van der Waals surface area contributed by atoms with Gasteiger partial charge in [-0.1, -0.05) is 24.3 Å². The number of carboxylic acids is 1. The Kier molecular flexibility index (Phi) is 3.57. The van der Waals surface area contributed by atoms with Crippen LogP contribution in [-0.4, -0.2) is 35.6 Å². The molecule has 0 atom stereocenters. The molecule has 0 aromatic heterocycles. The number of rotatable bonds is 3. The van der Waals surface area contributed by atoms with Crippen LogP contribution >= 0.6 is 0 Å². The number of hydrogen-bond donors (Lipinski definition) is 1. The van der Waals surface area contributed by atoms with Crippen LogP contribution in [0.3, 0.4) is 0 Å². The summed E-state index contributed by atoms with van der Waals surface area (Å²) >= 11 is 0. The number of benzene rings is 1. The third kappa shape index (κ3) is 2.83. The lowest BCUT2D eigenvalue weighted by Gasteiger charge is -2.18. The minimum atomic E-state index is -0.707. The first kappa shape index (κ1) is 11.1. The van der Waals surface area contributed by atoms with Crippen molar-refractivity contribution in [1.82, 2.24) is 4.90 Å². The molecule has 1 aliphatic rings. The maximum Gasteiger partial charge on any atom is 0.304 e. The molecule has 0 saturated heterocycles. The summed E-state index contributed by atoms with van der Waals surface area (Å²) in [5.74, 6) is -0.707. The van der Waals surface area contributed by atoms with Crippen LogP contribution in [0.1, 0.15) is 17.5 Å². The minimum absolute atomic E-state index is 0.246. The molecular weight excluding hydrogens is 202 g/mol. The van der Waals surface area contributed by atoms with Crippen LogP contribution in [0.15, 0.2) is 24.3 Å². The highest BCUT2D eigenvalue weighted by atomic mass is 16.4. The largest absolute Gasteiger partial charge is 0.481 e. The van der Waals surface area contributed by atoms with E-state index in [0.717, 1.165) is 25.9 Å². The molecule has 0 bridgehead atoms. The Morgan fingerprint density at radius 2 is 1.75 bits per heavy atom. The van der Waals surface area contributed by atoms with Crippen molar-refractivity contribution in [2.45, 2.75) is 19.3 Å². The van der Waals surface area contributed by atoms with Gasteiger partial charge in [-0.15, -0.1) is 0 Å². The molecule has 1 aromatic rings. The standard InChI is InChI=1S/C13H17NO2/c15-13(16)7-10-14-8-5-11-3-1-2-4-12(11)6-9-14/h1-4H,5-10H2,(H,15,16). The normalized spacial score (nSPS) is 16.5. The summed E-state index contributed by atoms with van der Waals surface area (Å²) in [7, 11) is 0. The van der Waals surface area contributed by atoms with E-state index in [1.807, 2.05) is 0 Å². The van der Waals surface area contributed by atoms with Gasteiger partial charge in [0.1, 0.15) is 0 Å². The van der Waals surface area contributed by atoms with Gasteiger partial charge in [0, 0.05) is 19.6 Å². The fraction of sp³-hybridized carbons (Fsp3) is 0.462. The van der Waals surface area contributed by atoms with E-state index in [0.29, 0.717) is 6.54 Å². The van der Waals surface area contributed by atoms with Gasteiger partial charge in [-0.3, -0.25) is 4.79 Å². The van der Waals surface area contributed by atoms with Gasteiger partial charge in [-0.25, -0.2) is 0 Å². The number of aliphatic carboxylic acids is 1. The van der Waals surface area contributed by atoms with Crippen LogP contribution in [0, 0.1) is 0 Å². The van der Waals surface area contributed by atoms with Crippen LogP contribution in [0.25, 0.3) is 0 Å². The van der Waals surface area contributed by atoms with Crippen molar-refractivity contribution < 1.29 is 9.90 Å². The van der Waals surface area contributed by atoms with Crippen LogP contribution < -0.4 is 0 Å². The van der Waals surface area contributed by atoms with Gasteiger partial charge in [0.2, 0.25) is 0 Å². The molecule has 1 aliphatic heterocycles. The second-order valence-electron chi connectivity index (χ2n) is 4.25. The lowest BCUT2D eigenvalue weighted by Crippen LogP contribution is -2.28. The van der Waals surface area contributed by atoms with Crippen molar-refractivity contribution in [1.29, 1.82) is 0 Å². The maximum atomic E-state index is 10.5. The molecule has 86 valence electrons. The Labute approximate surface area is 95.7 Å². The van der Waals surface area contributed by atoms with Gasteiger partial charge in [0.15, 0.2) is 0 Å². The Balaban J connectivity index is 1.94. The van der Waals surface area contributed by atoms with Gasteiger partial charge in [-0.2, -0.15) is 0 Å². The van der Waals surface area contributed by atoms with Gasteiger partial charge in [0.25, 0.3) is 0 Å². The van der Waals surface area contributed by atoms with E-state index in [1.54, 1.807) is 0 Å². The van der Waals surface area contributed by atoms with E-state index in [9.17, 15) is 4.79 Å². The lowest BCUT2D eigenvalue weighted by atomic mass is 10.0. The summed E-state index contributed by atoms with van der Waals surface area (Å²) in [5.41, 5.74) is 2.83. The molecule has 0 saturated carbocycles. The molecule has 0 unspecified atom stereocenters. The van der Waals surface area contributed by atoms with E-state index in [4.69, 9.17) is 5.11 Å². The summed E-state index contributed by atoms with van der Waals surface area (Å²) < 4.78 is 0. The average molecular weight is 219 g/mol. The zero-order valence-corrected chi connectivity index (χ0v) is 9.35. The Morgan fingerprint density at radius 3 is 2.25 bits per heavy atom. The molecule has 0 radical (unpaired) electrons. The van der Waals surface area contributed by atoms with E-state index in [-0.39, 0.29) is 6.42 Å². The molecule has 0 fully saturated rings. The molecule has 2 rings (SSSR count). The van der Waals surface area contributed by atoms with Gasteiger partial charge < -0.3 is 10.0 Å². The average Bonchev–Trinajstić information content (AvgIpc) is 2.49. The second kappa shape index (κ2) is 5.12. The molecule has 0 aliphatic carbocycles. The molecule has 1 N–H and O–H groups in total. The Hall–Kier alpha value is -1.35. The molecule has 3 heteroatoms. The van der Waals surface area contributed by atoms with Crippen molar-refractivity contribution in [2.75, 3.05) is 19.6 Å². The van der Waals surface area contributed by atoms with Crippen molar-refractivity contribution in [3.63, 3.8) is 0 Å². The maximum absolute atomic E-state index is 10.5. The molecule has 3 nitrogen and oxygen atoms in total. The van der Waals surface area contributed by atoms with Crippen molar-refractivity contribution in [2.24, 2.45) is 0 Å². The van der Waals surface area contributed by atoms with Crippen LogP contribution in [0.5, 0.6) is 0 Å². The Morgan fingerprint density at radius 1 is 1.19 bits per heavy atom.